The van der Waals surface area contributed by atoms with Gasteiger partial charge in [0, 0.05) is 31.7 Å². The largest absolute Gasteiger partial charge is 0.394 e. The fourth-order valence-electron chi connectivity index (χ4n) is 4.25. The molecular formula is C22H41ClN4O3. The van der Waals surface area contributed by atoms with Crippen LogP contribution in [0.4, 0.5) is 0 Å². The summed E-state index contributed by atoms with van der Waals surface area (Å²) in [7, 11) is 2.04. The molecule has 1 aromatic carbocycles. The maximum absolute atomic E-state index is 8.34. The molecule has 2 fully saturated rings. The lowest BCUT2D eigenvalue weighted by atomic mass is 9.79. The molecule has 30 heavy (non-hydrogen) atoms. The Hall–Kier alpha value is -0.770. The number of hydrogen-bond donors (Lipinski definition) is 5. The van der Waals surface area contributed by atoms with Crippen LogP contribution in [0.5, 0.6) is 0 Å². The van der Waals surface area contributed by atoms with Gasteiger partial charge in [-0.05, 0) is 51.4 Å². The average Bonchev–Trinajstić information content (AvgIpc) is 3.34. The first-order chi connectivity index (χ1) is 14.0. The quantitative estimate of drug-likeness (QED) is 0.394. The molecule has 0 radical (unpaired) electrons. The van der Waals surface area contributed by atoms with Crippen molar-refractivity contribution in [2.24, 2.45) is 5.73 Å². The van der Waals surface area contributed by atoms with Crippen LogP contribution in [-0.2, 0) is 5.54 Å². The van der Waals surface area contributed by atoms with Gasteiger partial charge in [0.05, 0.1) is 25.4 Å². The molecule has 0 atom stereocenters. The van der Waals surface area contributed by atoms with E-state index < -0.39 is 25.4 Å². The number of piperidine rings is 1. The highest BCUT2D eigenvalue weighted by Crippen LogP contribution is 2.40. The fraction of sp³-hybridized carbons (Fsp3) is 0.727. The van der Waals surface area contributed by atoms with Gasteiger partial charge in [-0.1, -0.05) is 30.3 Å². The van der Waals surface area contributed by atoms with Crippen LogP contribution in [-0.4, -0.2) is 96.8 Å². The summed E-state index contributed by atoms with van der Waals surface area (Å²) in [6.07, 6.45) is 5.30. The molecule has 8 heteroatoms. The van der Waals surface area contributed by atoms with E-state index >= 15 is 0 Å². The van der Waals surface area contributed by atoms with Crippen LogP contribution in [0, 0.1) is 0 Å². The van der Waals surface area contributed by atoms with Gasteiger partial charge in [-0.2, -0.15) is 0 Å². The molecular weight excluding hydrogens is 404 g/mol. The molecule has 0 amide bonds. The Bertz CT molecular complexity index is 552. The van der Waals surface area contributed by atoms with Gasteiger partial charge in [0.25, 0.3) is 0 Å². The van der Waals surface area contributed by atoms with Gasteiger partial charge in [-0.3, -0.25) is 4.90 Å². The van der Waals surface area contributed by atoms with Crippen molar-refractivity contribution in [3.05, 3.63) is 35.9 Å². The Morgan fingerprint density at radius 3 is 1.93 bits per heavy atom. The third-order valence-electron chi connectivity index (χ3n) is 6.33. The number of rotatable bonds is 8. The van der Waals surface area contributed by atoms with Gasteiger partial charge in [-0.15, -0.1) is 12.4 Å². The van der Waals surface area contributed by atoms with Crippen LogP contribution in [0.25, 0.3) is 0 Å². The van der Waals surface area contributed by atoms with Crippen LogP contribution < -0.4 is 11.1 Å². The van der Waals surface area contributed by atoms with Gasteiger partial charge in [0.15, 0.2) is 0 Å². The minimum atomic E-state index is -1.21. The molecule has 0 saturated carbocycles. The van der Waals surface area contributed by atoms with Crippen molar-refractivity contribution >= 4 is 12.4 Å². The first kappa shape index (κ1) is 27.3. The number of hydrogen-bond acceptors (Lipinski definition) is 7. The molecule has 7 nitrogen and oxygen atoms in total. The smallest absolute Gasteiger partial charge is 0.0856 e. The van der Waals surface area contributed by atoms with Crippen molar-refractivity contribution in [1.82, 2.24) is 15.1 Å². The zero-order valence-electron chi connectivity index (χ0n) is 18.3. The van der Waals surface area contributed by atoms with E-state index in [1.807, 2.05) is 7.05 Å². The zero-order valence-corrected chi connectivity index (χ0v) is 19.1. The molecule has 2 aliphatic heterocycles. The molecule has 0 spiro atoms. The van der Waals surface area contributed by atoms with Crippen molar-refractivity contribution in [1.29, 1.82) is 0 Å². The maximum Gasteiger partial charge on any atom is 0.0856 e. The number of likely N-dealkylation sites (tertiary alicyclic amines) is 2. The molecule has 0 unspecified atom stereocenters. The minimum Gasteiger partial charge on any atom is -0.394 e. The highest BCUT2D eigenvalue weighted by Gasteiger charge is 2.41. The first-order valence-corrected chi connectivity index (χ1v) is 10.8. The first-order valence-electron chi connectivity index (χ1n) is 10.8. The molecule has 2 aliphatic rings. The Labute approximate surface area is 187 Å². The number of likely N-dealkylation sites (N-methyl/N-ethyl adjacent to an activating group) is 1. The summed E-state index contributed by atoms with van der Waals surface area (Å²) in [5.41, 5.74) is 5.78. The molecule has 6 N–H and O–H groups in total. The Morgan fingerprint density at radius 1 is 0.967 bits per heavy atom. The lowest BCUT2D eigenvalue weighted by Gasteiger charge is -2.48. The summed E-state index contributed by atoms with van der Waals surface area (Å²) in [6, 6.07) is 11.3. The minimum absolute atomic E-state index is 0. The molecule has 0 aromatic heterocycles. The van der Waals surface area contributed by atoms with Crippen LogP contribution in [0.1, 0.15) is 31.2 Å². The van der Waals surface area contributed by atoms with Crippen LogP contribution in [0.15, 0.2) is 30.3 Å². The predicted molar refractivity (Wildman–Crippen MR) is 124 cm³/mol. The molecule has 174 valence electrons. The number of nitrogens with one attached hydrogen (secondary N) is 1. The number of benzene rings is 1. The predicted octanol–water partition coefficient (Wildman–Crippen LogP) is 0.376. The van der Waals surface area contributed by atoms with Crippen molar-refractivity contribution < 1.29 is 15.3 Å². The van der Waals surface area contributed by atoms with E-state index in [0.717, 1.165) is 6.54 Å². The molecule has 3 rings (SSSR count). The molecule has 0 bridgehead atoms. The summed E-state index contributed by atoms with van der Waals surface area (Å²) in [5.74, 6) is 0. The SMILES string of the molecule is CNCCN1CCC(c2ccccc2)(N2CCCC2)CC1.Cl.NC(CO)(CO)CO. The normalized spacial score (nSPS) is 19.6. The third-order valence-corrected chi connectivity index (χ3v) is 6.33. The molecule has 2 heterocycles. The van der Waals surface area contributed by atoms with E-state index in [9.17, 15) is 0 Å². The second-order valence-electron chi connectivity index (χ2n) is 8.37. The average molecular weight is 445 g/mol. The summed E-state index contributed by atoms with van der Waals surface area (Å²) in [6.45, 7) is 6.10. The summed E-state index contributed by atoms with van der Waals surface area (Å²) in [4.78, 5) is 5.39. The lowest BCUT2D eigenvalue weighted by molar-refractivity contribution is 0.0347. The van der Waals surface area contributed by atoms with Crippen molar-refractivity contribution in [2.75, 3.05) is 66.1 Å². The van der Waals surface area contributed by atoms with Gasteiger partial charge in [0.2, 0.25) is 0 Å². The van der Waals surface area contributed by atoms with Gasteiger partial charge in [0.1, 0.15) is 0 Å². The lowest BCUT2D eigenvalue weighted by Crippen LogP contribution is -2.52. The molecule has 2 saturated heterocycles. The summed E-state index contributed by atoms with van der Waals surface area (Å²) < 4.78 is 0. The van der Waals surface area contributed by atoms with Crippen molar-refractivity contribution in [2.45, 2.75) is 36.8 Å². The fourth-order valence-corrected chi connectivity index (χ4v) is 4.25. The van der Waals surface area contributed by atoms with Gasteiger partial charge in [-0.25, -0.2) is 0 Å². The highest BCUT2D eigenvalue weighted by molar-refractivity contribution is 5.85. The Balaban J connectivity index is 0.000000431. The standard InChI is InChI=1S/C18H29N3.C4H11NO3.ClH/c1-19-11-16-20-14-9-18(10-15-20,21-12-5-6-13-21)17-7-3-2-4-8-17;5-4(1-6,2-7)3-8;/h2-4,7-8,19H,5-6,9-16H2,1H3;6-8H,1-3,5H2;1H. The monoisotopic (exact) mass is 444 g/mol. The number of aliphatic hydroxyl groups excluding tert-OH is 3. The van der Waals surface area contributed by atoms with Crippen LogP contribution in [0.3, 0.4) is 0 Å². The van der Waals surface area contributed by atoms with Crippen LogP contribution >= 0.6 is 12.4 Å². The van der Waals surface area contributed by atoms with E-state index in [2.05, 4.69) is 45.4 Å². The van der Waals surface area contributed by atoms with Gasteiger partial charge >= 0.3 is 0 Å². The molecule has 0 aliphatic carbocycles. The Morgan fingerprint density at radius 2 is 1.50 bits per heavy atom. The van der Waals surface area contributed by atoms with Crippen molar-refractivity contribution in [3.8, 4) is 0 Å². The maximum atomic E-state index is 8.34. The van der Waals surface area contributed by atoms with E-state index in [0.29, 0.717) is 5.54 Å². The van der Waals surface area contributed by atoms with Gasteiger partial charge < -0.3 is 31.3 Å². The third kappa shape index (κ3) is 7.14. The Kier molecular flexibility index (Phi) is 12.4. The topological polar surface area (TPSA) is 105 Å². The summed E-state index contributed by atoms with van der Waals surface area (Å²) in [5, 5.41) is 28.3. The molecule has 1 aromatic rings. The van der Waals surface area contributed by atoms with E-state index in [1.54, 1.807) is 5.56 Å². The van der Waals surface area contributed by atoms with E-state index in [-0.39, 0.29) is 12.4 Å². The van der Waals surface area contributed by atoms with E-state index in [4.69, 9.17) is 21.1 Å². The summed E-state index contributed by atoms with van der Waals surface area (Å²) >= 11 is 0. The number of halogens is 1. The van der Waals surface area contributed by atoms with Crippen LogP contribution in [0.2, 0.25) is 0 Å². The number of aliphatic hydroxyl groups is 3. The second-order valence-corrected chi connectivity index (χ2v) is 8.37. The van der Waals surface area contributed by atoms with Crippen molar-refractivity contribution in [3.63, 3.8) is 0 Å². The second kappa shape index (κ2) is 13.6. The number of nitrogens with zero attached hydrogens (tertiary/aromatic N) is 2. The van der Waals surface area contributed by atoms with E-state index in [1.165, 1.54) is 58.4 Å². The number of nitrogens with two attached hydrogens (primary N) is 1. The highest BCUT2D eigenvalue weighted by atomic mass is 35.5. The zero-order chi connectivity index (χ0) is 21.2.